The van der Waals surface area contributed by atoms with E-state index >= 15 is 0 Å². The van der Waals surface area contributed by atoms with Crippen LogP contribution in [0.4, 0.5) is 0 Å². The monoisotopic (exact) mass is 158 g/mol. The molecular weight excluding hydrogens is 140 g/mol. The molecule has 0 aromatic carbocycles. The molecule has 0 aromatic rings. The van der Waals surface area contributed by atoms with E-state index in [1.165, 1.54) is 25.7 Å². The smallest absolute Gasteiger partial charge is 0.00702 e. The molecule has 0 heterocycles. The van der Waals surface area contributed by atoms with Gasteiger partial charge in [-0.1, -0.05) is 52.3 Å². The topological polar surface area (TPSA) is 0 Å². The van der Waals surface area contributed by atoms with Crippen molar-refractivity contribution in [2.24, 2.45) is 5.41 Å². The summed E-state index contributed by atoms with van der Waals surface area (Å²) in [5, 5.41) is 1.89. The maximum Gasteiger partial charge on any atom is -0.00702 e. The summed E-state index contributed by atoms with van der Waals surface area (Å²) >= 11 is 4.91. The third-order valence-corrected chi connectivity index (χ3v) is 2.38. The Morgan fingerprint density at radius 3 is 2.30 bits per heavy atom. The normalized spacial score (nSPS) is 11.5. The molecule has 0 atom stereocenters. The van der Waals surface area contributed by atoms with Crippen LogP contribution in [0.5, 0.6) is 0 Å². The van der Waals surface area contributed by atoms with Gasteiger partial charge in [0.25, 0.3) is 0 Å². The molecule has 0 bridgehead atoms. The standard InChI is InChI=1S/C9H18S/c1-4-5-6-7-9(2,3)8-10/h8H,4-7H2,1-3H3. The lowest BCUT2D eigenvalue weighted by atomic mass is 9.89. The van der Waals surface area contributed by atoms with E-state index in [4.69, 9.17) is 12.2 Å². The molecule has 10 heavy (non-hydrogen) atoms. The van der Waals surface area contributed by atoms with Gasteiger partial charge in [0.1, 0.15) is 0 Å². The first kappa shape index (κ1) is 10.1. The van der Waals surface area contributed by atoms with Crippen molar-refractivity contribution in [3.05, 3.63) is 0 Å². The summed E-state index contributed by atoms with van der Waals surface area (Å²) in [6.45, 7) is 6.63. The second-order valence-corrected chi connectivity index (χ2v) is 3.80. The van der Waals surface area contributed by atoms with Crippen LogP contribution in [0.25, 0.3) is 0 Å². The maximum absolute atomic E-state index is 4.91. The Labute approximate surface area is 70.0 Å². The summed E-state index contributed by atoms with van der Waals surface area (Å²) in [4.78, 5) is 0. The summed E-state index contributed by atoms with van der Waals surface area (Å²) in [7, 11) is 0. The molecule has 1 heteroatoms. The van der Waals surface area contributed by atoms with Crippen molar-refractivity contribution in [1.82, 2.24) is 0 Å². The van der Waals surface area contributed by atoms with Crippen LogP contribution < -0.4 is 0 Å². The first-order valence-electron chi connectivity index (χ1n) is 4.09. The number of hydrogen-bond acceptors (Lipinski definition) is 1. The second-order valence-electron chi connectivity index (χ2n) is 3.56. The Hall–Kier alpha value is 0.0900. The lowest BCUT2D eigenvalue weighted by molar-refractivity contribution is 0.460. The second kappa shape index (κ2) is 4.84. The Kier molecular flexibility index (Phi) is 4.88. The molecule has 0 saturated heterocycles. The minimum absolute atomic E-state index is 0.282. The zero-order valence-electron chi connectivity index (χ0n) is 7.31. The van der Waals surface area contributed by atoms with Gasteiger partial charge < -0.3 is 0 Å². The van der Waals surface area contributed by atoms with Gasteiger partial charge in [0.15, 0.2) is 0 Å². The molecule has 0 spiro atoms. The van der Waals surface area contributed by atoms with Crippen LogP contribution >= 0.6 is 12.2 Å². The predicted molar refractivity (Wildman–Crippen MR) is 51.6 cm³/mol. The van der Waals surface area contributed by atoms with Gasteiger partial charge in [-0.25, -0.2) is 0 Å². The van der Waals surface area contributed by atoms with E-state index in [0.29, 0.717) is 0 Å². The molecule has 0 rings (SSSR count). The van der Waals surface area contributed by atoms with Crippen molar-refractivity contribution in [3.8, 4) is 0 Å². The first-order valence-corrected chi connectivity index (χ1v) is 4.56. The lowest BCUT2D eigenvalue weighted by Gasteiger charge is -2.17. The average molecular weight is 158 g/mol. The third-order valence-electron chi connectivity index (χ3n) is 1.74. The van der Waals surface area contributed by atoms with E-state index in [1.807, 2.05) is 5.37 Å². The Bertz CT molecular complexity index is 94.9. The van der Waals surface area contributed by atoms with E-state index in [2.05, 4.69) is 20.8 Å². The zero-order chi connectivity index (χ0) is 8.04. The molecule has 0 aliphatic heterocycles. The molecule has 0 N–H and O–H groups in total. The molecule has 0 aromatic heterocycles. The minimum atomic E-state index is 0.282. The van der Waals surface area contributed by atoms with Crippen LogP contribution in [0, 0.1) is 5.41 Å². The van der Waals surface area contributed by atoms with E-state index < -0.39 is 0 Å². The fourth-order valence-electron chi connectivity index (χ4n) is 0.890. The predicted octanol–water partition coefficient (Wildman–Crippen LogP) is 3.59. The van der Waals surface area contributed by atoms with E-state index in [9.17, 15) is 0 Å². The van der Waals surface area contributed by atoms with Crippen molar-refractivity contribution >= 4 is 17.6 Å². The summed E-state index contributed by atoms with van der Waals surface area (Å²) < 4.78 is 0. The minimum Gasteiger partial charge on any atom is -0.0929 e. The summed E-state index contributed by atoms with van der Waals surface area (Å²) in [6, 6.07) is 0. The van der Waals surface area contributed by atoms with Gasteiger partial charge in [-0.3, -0.25) is 0 Å². The van der Waals surface area contributed by atoms with Crippen LogP contribution in [-0.2, 0) is 0 Å². The van der Waals surface area contributed by atoms with Crippen molar-refractivity contribution in [2.45, 2.75) is 46.5 Å². The highest BCUT2D eigenvalue weighted by Crippen LogP contribution is 2.20. The molecule has 0 radical (unpaired) electrons. The molecule has 0 amide bonds. The van der Waals surface area contributed by atoms with Crippen LogP contribution in [0.3, 0.4) is 0 Å². The van der Waals surface area contributed by atoms with Gasteiger partial charge in [-0.05, 0) is 17.2 Å². The van der Waals surface area contributed by atoms with Crippen molar-refractivity contribution in [3.63, 3.8) is 0 Å². The van der Waals surface area contributed by atoms with Gasteiger partial charge in [0.05, 0.1) is 0 Å². The van der Waals surface area contributed by atoms with E-state index in [0.717, 1.165) is 0 Å². The van der Waals surface area contributed by atoms with Gasteiger partial charge in [-0.15, -0.1) is 0 Å². The average Bonchev–Trinajstić information content (AvgIpc) is 1.89. The SMILES string of the molecule is CCCCCC(C)(C)C=S. The lowest BCUT2D eigenvalue weighted by Crippen LogP contribution is -2.10. The van der Waals surface area contributed by atoms with Gasteiger partial charge in [0.2, 0.25) is 0 Å². The maximum atomic E-state index is 4.91. The fraction of sp³-hybridized carbons (Fsp3) is 0.889. The Morgan fingerprint density at radius 2 is 1.90 bits per heavy atom. The third kappa shape index (κ3) is 4.92. The molecular formula is C9H18S. The van der Waals surface area contributed by atoms with Crippen LogP contribution in [0.1, 0.15) is 46.5 Å². The van der Waals surface area contributed by atoms with Crippen LogP contribution in [0.15, 0.2) is 0 Å². The van der Waals surface area contributed by atoms with E-state index in [-0.39, 0.29) is 5.41 Å². The summed E-state index contributed by atoms with van der Waals surface area (Å²) in [5.41, 5.74) is 0.282. The molecule has 0 unspecified atom stereocenters. The molecule has 0 aliphatic rings. The van der Waals surface area contributed by atoms with Crippen LogP contribution in [0.2, 0.25) is 0 Å². The highest BCUT2D eigenvalue weighted by atomic mass is 32.1. The van der Waals surface area contributed by atoms with Gasteiger partial charge in [0, 0.05) is 0 Å². The molecule has 0 nitrogen and oxygen atoms in total. The Morgan fingerprint density at radius 1 is 1.30 bits per heavy atom. The zero-order valence-corrected chi connectivity index (χ0v) is 8.13. The summed E-state index contributed by atoms with van der Waals surface area (Å²) in [5.74, 6) is 0. The number of hydrogen-bond donors (Lipinski definition) is 0. The van der Waals surface area contributed by atoms with Crippen molar-refractivity contribution in [2.75, 3.05) is 0 Å². The van der Waals surface area contributed by atoms with Gasteiger partial charge >= 0.3 is 0 Å². The molecule has 0 fully saturated rings. The summed E-state index contributed by atoms with van der Waals surface area (Å²) in [6.07, 6.45) is 5.20. The number of rotatable bonds is 5. The largest absolute Gasteiger partial charge is 0.0929 e. The fourth-order valence-corrected chi connectivity index (χ4v) is 1.01. The number of unbranched alkanes of at least 4 members (excludes halogenated alkanes) is 2. The van der Waals surface area contributed by atoms with E-state index in [1.54, 1.807) is 0 Å². The number of thiocarbonyl (C=S) groups is 1. The highest BCUT2D eigenvalue weighted by molar-refractivity contribution is 7.79. The highest BCUT2D eigenvalue weighted by Gasteiger charge is 2.11. The Balaban J connectivity index is 3.37. The quantitative estimate of drug-likeness (QED) is 0.435. The van der Waals surface area contributed by atoms with Crippen molar-refractivity contribution in [1.29, 1.82) is 0 Å². The van der Waals surface area contributed by atoms with Crippen LogP contribution in [-0.4, -0.2) is 5.37 Å². The molecule has 0 saturated carbocycles. The van der Waals surface area contributed by atoms with Gasteiger partial charge in [-0.2, -0.15) is 0 Å². The molecule has 60 valence electrons. The van der Waals surface area contributed by atoms with Crippen molar-refractivity contribution < 1.29 is 0 Å². The first-order chi connectivity index (χ1) is 4.62. The molecule has 0 aliphatic carbocycles.